The molecule has 1 heterocycles. The van der Waals surface area contributed by atoms with Crippen molar-refractivity contribution in [3.8, 4) is 0 Å². The van der Waals surface area contributed by atoms with Crippen molar-refractivity contribution >= 4 is 11.6 Å². The number of nitrogens with one attached hydrogen (secondary N) is 1. The summed E-state index contributed by atoms with van der Waals surface area (Å²) in [4.78, 5) is 11.8. The molecular weight excluding hydrogens is 164 g/mol. The highest BCUT2D eigenvalue weighted by molar-refractivity contribution is 6.30. The Hall–Kier alpha value is -0.900. The van der Waals surface area contributed by atoms with E-state index < -0.39 is 22.3 Å². The zero-order valence-corrected chi connectivity index (χ0v) is 5.38. The van der Waals surface area contributed by atoms with E-state index in [1.807, 2.05) is 0 Å². The largest absolute Gasteiger partial charge is 0.295 e. The number of pyridine rings is 1. The highest BCUT2D eigenvalue weighted by Crippen LogP contribution is 2.09. The summed E-state index contributed by atoms with van der Waals surface area (Å²) in [6.07, 6.45) is 0. The Kier molecular flexibility index (Phi) is 1.72. The minimum Gasteiger partial charge on any atom is -0.295 e. The van der Waals surface area contributed by atoms with Gasteiger partial charge in [-0.1, -0.05) is 11.6 Å². The fourth-order valence-corrected chi connectivity index (χ4v) is 0.602. The average Bonchev–Trinajstić information content (AvgIpc) is 1.84. The van der Waals surface area contributed by atoms with Gasteiger partial charge in [-0.15, -0.1) is 0 Å². The van der Waals surface area contributed by atoms with Gasteiger partial charge in [0.15, 0.2) is 5.82 Å². The van der Waals surface area contributed by atoms with Crippen LogP contribution in [-0.2, 0) is 0 Å². The lowest BCUT2D eigenvalue weighted by Gasteiger charge is -1.90. The van der Waals surface area contributed by atoms with E-state index in [1.54, 1.807) is 4.98 Å². The normalized spacial score (nSPS) is 9.90. The first-order valence-corrected chi connectivity index (χ1v) is 2.73. The smallest absolute Gasteiger partial charge is 0.286 e. The Labute approximate surface area is 59.4 Å². The van der Waals surface area contributed by atoms with E-state index in [-0.39, 0.29) is 0 Å². The second kappa shape index (κ2) is 2.38. The zero-order chi connectivity index (χ0) is 7.72. The Morgan fingerprint density at radius 1 is 1.50 bits per heavy atom. The van der Waals surface area contributed by atoms with Gasteiger partial charge in [-0.2, -0.15) is 4.39 Å². The van der Waals surface area contributed by atoms with E-state index >= 15 is 0 Å². The van der Waals surface area contributed by atoms with Crippen molar-refractivity contribution in [1.82, 2.24) is 4.98 Å². The van der Waals surface area contributed by atoms with E-state index in [1.165, 1.54) is 0 Å². The quantitative estimate of drug-likeness (QED) is 0.578. The summed E-state index contributed by atoms with van der Waals surface area (Å²) in [5.41, 5.74) is -1.11. The third-order valence-electron chi connectivity index (χ3n) is 0.903. The highest BCUT2D eigenvalue weighted by atomic mass is 35.5. The number of rotatable bonds is 0. The molecule has 0 bridgehead atoms. The van der Waals surface area contributed by atoms with Crippen LogP contribution >= 0.6 is 11.6 Å². The number of H-pyrrole nitrogens is 1. The molecule has 0 aliphatic heterocycles. The summed E-state index contributed by atoms with van der Waals surface area (Å²) in [7, 11) is 0. The van der Waals surface area contributed by atoms with Gasteiger partial charge in [0.1, 0.15) is 0 Å². The lowest BCUT2D eigenvalue weighted by atomic mass is 10.5. The van der Waals surface area contributed by atoms with Crippen LogP contribution in [0.4, 0.5) is 8.78 Å². The summed E-state index contributed by atoms with van der Waals surface area (Å²) in [6, 6.07) is 0.621. The fourth-order valence-electron chi connectivity index (χ4n) is 0.459. The molecule has 0 fully saturated rings. The summed E-state index contributed by atoms with van der Waals surface area (Å²) >= 11 is 5.10. The van der Waals surface area contributed by atoms with Gasteiger partial charge in [0, 0.05) is 6.07 Å². The molecule has 54 valence electrons. The standard InChI is InChI=1S/C5H2ClF2NO/c6-2-1-3(7)5(10)9-4(2)8/h1H,(H,9,10). The zero-order valence-electron chi connectivity index (χ0n) is 4.62. The molecule has 1 aromatic rings. The van der Waals surface area contributed by atoms with Crippen LogP contribution < -0.4 is 5.56 Å². The second-order valence-corrected chi connectivity index (χ2v) is 2.02. The van der Waals surface area contributed by atoms with Crippen LogP contribution in [0.15, 0.2) is 10.9 Å². The molecule has 0 aliphatic rings. The van der Waals surface area contributed by atoms with Gasteiger partial charge < -0.3 is 0 Å². The molecule has 1 N–H and O–H groups in total. The lowest BCUT2D eigenvalue weighted by Crippen LogP contribution is -2.11. The fraction of sp³-hybridized carbons (Fsp3) is 0. The Morgan fingerprint density at radius 3 is 2.60 bits per heavy atom. The van der Waals surface area contributed by atoms with Crippen molar-refractivity contribution in [3.05, 3.63) is 33.2 Å². The number of hydrogen-bond donors (Lipinski definition) is 1. The molecule has 0 saturated heterocycles. The Morgan fingerprint density at radius 2 is 2.10 bits per heavy atom. The maximum Gasteiger partial charge on any atom is 0.286 e. The minimum absolute atomic E-state index is 0.433. The van der Waals surface area contributed by atoms with Crippen LogP contribution in [0.25, 0.3) is 0 Å². The molecule has 0 amide bonds. The molecular formula is C5H2ClF2NO. The second-order valence-electron chi connectivity index (χ2n) is 1.61. The van der Waals surface area contributed by atoms with Gasteiger partial charge in [0.05, 0.1) is 5.02 Å². The number of halogens is 3. The van der Waals surface area contributed by atoms with Crippen molar-refractivity contribution in [2.45, 2.75) is 0 Å². The first-order chi connectivity index (χ1) is 4.61. The van der Waals surface area contributed by atoms with E-state index in [4.69, 9.17) is 11.6 Å². The summed E-state index contributed by atoms with van der Waals surface area (Å²) in [6.45, 7) is 0. The maximum absolute atomic E-state index is 12.2. The third-order valence-corrected chi connectivity index (χ3v) is 1.18. The van der Waals surface area contributed by atoms with E-state index in [0.717, 1.165) is 0 Å². The number of aromatic amines is 1. The first-order valence-electron chi connectivity index (χ1n) is 2.35. The van der Waals surface area contributed by atoms with Gasteiger partial charge in [0.25, 0.3) is 5.56 Å². The van der Waals surface area contributed by atoms with Crippen molar-refractivity contribution in [2.75, 3.05) is 0 Å². The molecule has 0 unspecified atom stereocenters. The maximum atomic E-state index is 12.2. The van der Waals surface area contributed by atoms with Crippen molar-refractivity contribution in [1.29, 1.82) is 0 Å². The van der Waals surface area contributed by atoms with Crippen LogP contribution in [-0.4, -0.2) is 4.98 Å². The SMILES string of the molecule is O=c1[nH]c(F)c(Cl)cc1F. The molecule has 0 aliphatic carbocycles. The topological polar surface area (TPSA) is 32.9 Å². The molecule has 1 aromatic heterocycles. The minimum atomic E-state index is -1.11. The van der Waals surface area contributed by atoms with E-state index in [2.05, 4.69) is 0 Å². The molecule has 0 spiro atoms. The molecule has 2 nitrogen and oxygen atoms in total. The molecule has 0 aromatic carbocycles. The van der Waals surface area contributed by atoms with Crippen molar-refractivity contribution < 1.29 is 8.78 Å². The molecule has 10 heavy (non-hydrogen) atoms. The van der Waals surface area contributed by atoms with Gasteiger partial charge in [-0.25, -0.2) is 4.39 Å². The lowest BCUT2D eigenvalue weighted by molar-refractivity contribution is 0.549. The van der Waals surface area contributed by atoms with Crippen LogP contribution in [0, 0.1) is 11.8 Å². The summed E-state index contributed by atoms with van der Waals surface area (Å²) < 4.78 is 24.4. The van der Waals surface area contributed by atoms with Crippen LogP contribution in [0.3, 0.4) is 0 Å². The average molecular weight is 166 g/mol. The molecule has 1 rings (SSSR count). The van der Waals surface area contributed by atoms with Gasteiger partial charge in [0.2, 0.25) is 5.95 Å². The van der Waals surface area contributed by atoms with Gasteiger partial charge in [-0.05, 0) is 0 Å². The number of hydrogen-bond acceptors (Lipinski definition) is 1. The van der Waals surface area contributed by atoms with Crippen LogP contribution in [0.1, 0.15) is 0 Å². The van der Waals surface area contributed by atoms with E-state index in [9.17, 15) is 13.6 Å². The Bertz CT molecular complexity index is 309. The van der Waals surface area contributed by atoms with Crippen LogP contribution in [0.2, 0.25) is 5.02 Å². The van der Waals surface area contributed by atoms with Crippen molar-refractivity contribution in [2.24, 2.45) is 0 Å². The third kappa shape index (κ3) is 1.16. The summed E-state index contributed by atoms with van der Waals surface area (Å²) in [5, 5.41) is -0.433. The predicted molar refractivity (Wildman–Crippen MR) is 32.0 cm³/mol. The van der Waals surface area contributed by atoms with E-state index in [0.29, 0.717) is 6.07 Å². The van der Waals surface area contributed by atoms with Gasteiger partial charge in [-0.3, -0.25) is 9.78 Å². The monoisotopic (exact) mass is 165 g/mol. The molecule has 5 heteroatoms. The first kappa shape index (κ1) is 7.21. The highest BCUT2D eigenvalue weighted by Gasteiger charge is 2.04. The summed E-state index contributed by atoms with van der Waals surface area (Å²) in [5.74, 6) is -2.11. The Balaban J connectivity index is 3.43. The molecule has 0 atom stereocenters. The predicted octanol–water partition coefficient (Wildman–Crippen LogP) is 1.31. The van der Waals surface area contributed by atoms with Gasteiger partial charge >= 0.3 is 0 Å². The molecule has 0 radical (unpaired) electrons. The van der Waals surface area contributed by atoms with Crippen molar-refractivity contribution in [3.63, 3.8) is 0 Å². The van der Waals surface area contributed by atoms with Crippen LogP contribution in [0.5, 0.6) is 0 Å². The number of aromatic nitrogens is 1. The molecule has 0 saturated carbocycles.